The number of rotatable bonds is 3. The minimum Gasteiger partial charge on any atom is -0.432 e. The van der Waals surface area contributed by atoms with E-state index in [0.717, 1.165) is 37.8 Å². The second kappa shape index (κ2) is 5.26. The van der Waals surface area contributed by atoms with Gasteiger partial charge in [0.2, 0.25) is 0 Å². The molecule has 2 aromatic rings. The highest BCUT2D eigenvalue weighted by Gasteiger charge is 2.24. The van der Waals surface area contributed by atoms with Crippen molar-refractivity contribution in [1.82, 2.24) is 15.0 Å². The summed E-state index contributed by atoms with van der Waals surface area (Å²) in [5.74, 6) is 0.976. The van der Waals surface area contributed by atoms with Crippen LogP contribution in [-0.2, 0) is 0 Å². The molecule has 0 saturated carbocycles. The van der Waals surface area contributed by atoms with Crippen molar-refractivity contribution in [3.8, 4) is 0 Å². The molecule has 0 aromatic carbocycles. The van der Waals surface area contributed by atoms with Crippen LogP contribution in [0, 0.1) is 0 Å². The highest BCUT2D eigenvalue weighted by molar-refractivity contribution is 5.37. The number of nitrogens with zero attached hydrogens (tertiary/aromatic N) is 5. The van der Waals surface area contributed by atoms with Crippen molar-refractivity contribution in [3.63, 3.8) is 0 Å². The van der Waals surface area contributed by atoms with Crippen molar-refractivity contribution in [1.29, 1.82) is 0 Å². The lowest BCUT2D eigenvalue weighted by molar-refractivity contribution is 0.445. The minimum absolute atomic E-state index is 0.501. The lowest BCUT2D eigenvalue weighted by atomic mass is 10.0. The summed E-state index contributed by atoms with van der Waals surface area (Å²) in [5, 5.41) is 0. The lowest BCUT2D eigenvalue weighted by Gasteiger charge is -2.36. The third kappa shape index (κ3) is 2.52. The summed E-state index contributed by atoms with van der Waals surface area (Å²) in [4.78, 5) is 16.9. The average molecular weight is 259 g/mol. The van der Waals surface area contributed by atoms with Gasteiger partial charge in [0.05, 0.1) is 6.20 Å². The number of hydrogen-bond donors (Lipinski definition) is 0. The summed E-state index contributed by atoms with van der Waals surface area (Å²) < 4.78 is 5.33. The SMILES string of the molecule is CN(c1ccncn1)C1CCN(c2ncco2)CC1. The molecule has 19 heavy (non-hydrogen) atoms. The number of hydrogen-bond acceptors (Lipinski definition) is 6. The first-order valence-corrected chi connectivity index (χ1v) is 6.48. The summed E-state index contributed by atoms with van der Waals surface area (Å²) in [6, 6.07) is 3.17. The van der Waals surface area contributed by atoms with E-state index in [2.05, 4.69) is 31.8 Å². The van der Waals surface area contributed by atoms with Crippen molar-refractivity contribution in [3.05, 3.63) is 31.1 Å². The van der Waals surface area contributed by atoms with Crippen LogP contribution in [0.15, 0.2) is 35.5 Å². The predicted octanol–water partition coefficient (Wildman–Crippen LogP) is 1.57. The van der Waals surface area contributed by atoms with E-state index in [-0.39, 0.29) is 0 Å². The molecule has 0 radical (unpaired) electrons. The fourth-order valence-corrected chi connectivity index (χ4v) is 2.50. The third-order valence-electron chi connectivity index (χ3n) is 3.63. The summed E-state index contributed by atoms with van der Waals surface area (Å²) in [6.07, 6.45) is 8.82. The van der Waals surface area contributed by atoms with Crippen LogP contribution in [-0.4, -0.2) is 41.1 Å². The van der Waals surface area contributed by atoms with Crippen LogP contribution in [0.2, 0.25) is 0 Å². The van der Waals surface area contributed by atoms with Crippen LogP contribution in [0.1, 0.15) is 12.8 Å². The first kappa shape index (κ1) is 12.0. The quantitative estimate of drug-likeness (QED) is 0.834. The third-order valence-corrected chi connectivity index (χ3v) is 3.63. The molecule has 0 N–H and O–H groups in total. The Kier molecular flexibility index (Phi) is 3.31. The van der Waals surface area contributed by atoms with Crippen LogP contribution in [0.4, 0.5) is 11.8 Å². The van der Waals surface area contributed by atoms with Crippen molar-refractivity contribution in [2.75, 3.05) is 29.9 Å². The molecule has 0 bridgehead atoms. The Balaban J connectivity index is 1.61. The Labute approximate surface area is 112 Å². The monoisotopic (exact) mass is 259 g/mol. The molecular formula is C13H17N5O. The van der Waals surface area contributed by atoms with Gasteiger partial charge in [-0.15, -0.1) is 0 Å². The molecule has 6 nitrogen and oxygen atoms in total. The first-order valence-electron chi connectivity index (χ1n) is 6.48. The van der Waals surface area contributed by atoms with Crippen LogP contribution >= 0.6 is 0 Å². The van der Waals surface area contributed by atoms with Gasteiger partial charge >= 0.3 is 0 Å². The Morgan fingerprint density at radius 3 is 2.74 bits per heavy atom. The van der Waals surface area contributed by atoms with Crippen molar-refractivity contribution in [2.24, 2.45) is 0 Å². The normalized spacial score (nSPS) is 16.6. The van der Waals surface area contributed by atoms with Gasteiger partial charge in [-0.1, -0.05) is 0 Å². The average Bonchev–Trinajstić information content (AvgIpc) is 3.02. The minimum atomic E-state index is 0.501. The predicted molar refractivity (Wildman–Crippen MR) is 72.2 cm³/mol. The standard InChI is InChI=1S/C13H17N5O/c1-17(12-2-5-14-10-16-12)11-3-7-18(8-4-11)13-15-6-9-19-13/h2,5-6,9-11H,3-4,7-8H2,1H3. The first-order chi connectivity index (χ1) is 9.34. The zero-order valence-electron chi connectivity index (χ0n) is 10.9. The van der Waals surface area contributed by atoms with E-state index in [4.69, 9.17) is 4.42 Å². The number of aromatic nitrogens is 3. The van der Waals surface area contributed by atoms with Gasteiger partial charge in [-0.2, -0.15) is 0 Å². The maximum atomic E-state index is 5.33. The molecule has 0 aliphatic carbocycles. The summed E-state index contributed by atoms with van der Waals surface area (Å²) >= 11 is 0. The van der Waals surface area contributed by atoms with Gasteiger partial charge in [0.1, 0.15) is 18.4 Å². The Bertz CT molecular complexity index is 493. The molecule has 1 aliphatic heterocycles. The Morgan fingerprint density at radius 1 is 1.26 bits per heavy atom. The largest absolute Gasteiger partial charge is 0.432 e. The van der Waals surface area contributed by atoms with E-state index in [1.54, 1.807) is 25.0 Å². The molecule has 1 fully saturated rings. The molecule has 1 aliphatic rings. The smallest absolute Gasteiger partial charge is 0.297 e. The Hall–Kier alpha value is -2.11. The fraction of sp³-hybridized carbons (Fsp3) is 0.462. The Morgan fingerprint density at radius 2 is 2.11 bits per heavy atom. The van der Waals surface area contributed by atoms with E-state index < -0.39 is 0 Å². The number of piperidine rings is 1. The second-order valence-corrected chi connectivity index (χ2v) is 4.71. The fourth-order valence-electron chi connectivity index (χ4n) is 2.50. The molecule has 0 atom stereocenters. The molecule has 2 aromatic heterocycles. The van der Waals surface area contributed by atoms with E-state index in [1.807, 2.05) is 6.07 Å². The zero-order chi connectivity index (χ0) is 13.1. The van der Waals surface area contributed by atoms with Gasteiger partial charge in [-0.25, -0.2) is 15.0 Å². The van der Waals surface area contributed by atoms with Gasteiger partial charge in [-0.3, -0.25) is 0 Å². The van der Waals surface area contributed by atoms with Gasteiger partial charge in [0.15, 0.2) is 0 Å². The lowest BCUT2D eigenvalue weighted by Crippen LogP contribution is -2.43. The summed E-state index contributed by atoms with van der Waals surface area (Å²) in [5.41, 5.74) is 0. The van der Waals surface area contributed by atoms with Crippen LogP contribution in [0.3, 0.4) is 0 Å². The van der Waals surface area contributed by atoms with Gasteiger partial charge in [0.25, 0.3) is 6.01 Å². The van der Waals surface area contributed by atoms with E-state index >= 15 is 0 Å². The molecule has 3 heterocycles. The maximum Gasteiger partial charge on any atom is 0.297 e. The summed E-state index contributed by atoms with van der Waals surface area (Å²) in [6.45, 7) is 1.92. The van der Waals surface area contributed by atoms with Crippen molar-refractivity contribution in [2.45, 2.75) is 18.9 Å². The van der Waals surface area contributed by atoms with E-state index in [0.29, 0.717) is 6.04 Å². The zero-order valence-corrected chi connectivity index (χ0v) is 10.9. The van der Waals surface area contributed by atoms with Crippen molar-refractivity contribution >= 4 is 11.8 Å². The molecular weight excluding hydrogens is 242 g/mol. The number of anilines is 2. The van der Waals surface area contributed by atoms with Gasteiger partial charge in [-0.05, 0) is 18.9 Å². The highest BCUT2D eigenvalue weighted by Crippen LogP contribution is 2.22. The molecule has 0 spiro atoms. The molecule has 0 unspecified atom stereocenters. The molecule has 0 amide bonds. The maximum absolute atomic E-state index is 5.33. The number of oxazole rings is 1. The van der Waals surface area contributed by atoms with Crippen LogP contribution < -0.4 is 9.80 Å². The van der Waals surface area contributed by atoms with E-state index in [1.165, 1.54) is 0 Å². The topological polar surface area (TPSA) is 58.3 Å². The second-order valence-electron chi connectivity index (χ2n) is 4.71. The van der Waals surface area contributed by atoms with E-state index in [9.17, 15) is 0 Å². The molecule has 100 valence electrons. The summed E-state index contributed by atoms with van der Waals surface area (Å²) in [7, 11) is 2.09. The van der Waals surface area contributed by atoms with Crippen LogP contribution in [0.25, 0.3) is 0 Å². The molecule has 6 heteroatoms. The van der Waals surface area contributed by atoms with Gasteiger partial charge < -0.3 is 14.2 Å². The van der Waals surface area contributed by atoms with Gasteiger partial charge in [0, 0.05) is 32.4 Å². The van der Waals surface area contributed by atoms with Crippen molar-refractivity contribution < 1.29 is 4.42 Å². The molecule has 1 saturated heterocycles. The highest BCUT2D eigenvalue weighted by atomic mass is 16.4. The van der Waals surface area contributed by atoms with Crippen LogP contribution in [0.5, 0.6) is 0 Å². The molecule has 3 rings (SSSR count).